The zero-order chi connectivity index (χ0) is 4.50. The summed E-state index contributed by atoms with van der Waals surface area (Å²) < 4.78 is 0. The van der Waals surface area contributed by atoms with Crippen molar-refractivity contribution in [1.29, 1.82) is 0 Å². The maximum atomic E-state index is 7.33. The number of hydrogen-bond donors (Lipinski definition) is 4. The Balaban J connectivity index is -0.0000000267. The van der Waals surface area contributed by atoms with Crippen molar-refractivity contribution >= 4 is 122 Å². The summed E-state index contributed by atoms with van der Waals surface area (Å²) in [6, 6.07) is 0. The molecule has 0 aliphatic heterocycles. The molecule has 0 unspecified atom stereocenters. The molecule has 0 rings (SSSR count). The monoisotopic (exact) mass is 222 g/mol. The molecule has 44 valence electrons. The molecule has 0 atom stereocenters. The van der Waals surface area contributed by atoms with Gasteiger partial charge in [0.25, 0.3) is 0 Å². The molecule has 0 aromatic carbocycles. The summed E-state index contributed by atoms with van der Waals surface area (Å²) in [5.41, 5.74) is 0. The van der Waals surface area contributed by atoms with Gasteiger partial charge in [-0.25, -0.2) is 0 Å². The van der Waals surface area contributed by atoms with Crippen LogP contribution in [0.15, 0.2) is 0 Å². The van der Waals surface area contributed by atoms with E-state index in [1.807, 2.05) is 0 Å². The Labute approximate surface area is 138 Å². The molecule has 0 saturated carbocycles. The second-order valence-electron chi connectivity index (χ2n) is 0.600. The molecule has 0 aromatic heterocycles. The Bertz CT molecular complexity index is 26.8. The average Bonchev–Trinajstić information content (AvgIpc) is 0.722. The second-order valence-corrected chi connectivity index (χ2v) is 1.80. The van der Waals surface area contributed by atoms with Gasteiger partial charge in [-0.2, -0.15) is 0 Å². The van der Waals surface area contributed by atoms with E-state index in [0.717, 1.165) is 0 Å². The Morgan fingerprint density at radius 2 is 0.625 bits per heavy atom. The minimum absolute atomic E-state index is 0. The van der Waals surface area contributed by atoms with Crippen molar-refractivity contribution in [2.75, 3.05) is 0 Å². The maximum absolute atomic E-state index is 7.33. The fourth-order valence-electron chi connectivity index (χ4n) is 0. The standard InChI is InChI=1S/3Ca.H4O4Si.6H/c;;;1-5(2,3)4;;;;;;/h;;;1-4H;;;;;;. The zero-order valence-corrected chi connectivity index (χ0v) is 3.29. The molecule has 8 heteroatoms. The SMILES string of the molecule is O[Si](O)(O)O.[CaH2].[CaH2].[CaH2]. The van der Waals surface area contributed by atoms with E-state index in [2.05, 4.69) is 0 Å². The summed E-state index contributed by atoms with van der Waals surface area (Å²) >= 11 is 0. The summed E-state index contributed by atoms with van der Waals surface area (Å²) in [5.74, 6) is 0. The van der Waals surface area contributed by atoms with Crippen molar-refractivity contribution in [2.24, 2.45) is 0 Å². The molecule has 0 saturated heterocycles. The molecule has 0 heterocycles. The van der Waals surface area contributed by atoms with Crippen LogP contribution in [0.5, 0.6) is 0 Å². The molecule has 8 heavy (non-hydrogen) atoms. The van der Waals surface area contributed by atoms with Gasteiger partial charge in [0, 0.05) is 0 Å². The van der Waals surface area contributed by atoms with Gasteiger partial charge in [-0.15, -0.1) is 0 Å². The van der Waals surface area contributed by atoms with Gasteiger partial charge in [-0.1, -0.05) is 0 Å². The predicted molar refractivity (Wildman–Crippen MR) is 40.3 cm³/mol. The third kappa shape index (κ3) is 52.2. The third-order valence-electron chi connectivity index (χ3n) is 0. The van der Waals surface area contributed by atoms with E-state index in [1.54, 1.807) is 0 Å². The quantitative estimate of drug-likeness (QED) is 0.309. The molecule has 4 nitrogen and oxygen atoms in total. The molecule has 0 bridgehead atoms. The van der Waals surface area contributed by atoms with Gasteiger partial charge in [-0.05, 0) is 0 Å². The summed E-state index contributed by atoms with van der Waals surface area (Å²) in [6.45, 7) is 0. The molecular weight excluding hydrogens is 212 g/mol. The predicted octanol–water partition coefficient (Wildman–Crippen LogP) is -5.36. The Kier molecular flexibility index (Phi) is 30.7. The van der Waals surface area contributed by atoms with E-state index < -0.39 is 9.05 Å². The van der Waals surface area contributed by atoms with E-state index in [4.69, 9.17) is 19.2 Å². The van der Waals surface area contributed by atoms with E-state index in [0.29, 0.717) is 0 Å². The van der Waals surface area contributed by atoms with Crippen LogP contribution in [0.1, 0.15) is 0 Å². The van der Waals surface area contributed by atoms with E-state index in [-0.39, 0.29) is 113 Å². The molecule has 0 radical (unpaired) electrons. The van der Waals surface area contributed by atoms with E-state index in [1.165, 1.54) is 0 Å². The summed E-state index contributed by atoms with van der Waals surface area (Å²) in [6.07, 6.45) is 0. The van der Waals surface area contributed by atoms with Crippen molar-refractivity contribution in [2.45, 2.75) is 0 Å². The van der Waals surface area contributed by atoms with Crippen LogP contribution in [0.3, 0.4) is 0 Å². The molecule has 4 N–H and O–H groups in total. The van der Waals surface area contributed by atoms with Crippen LogP contribution in [-0.4, -0.2) is 141 Å². The fraction of sp³-hybridized carbons (Fsp3) is 0. The first kappa shape index (κ1) is 22.6. The normalized spacial score (nSPS) is 7.50. The van der Waals surface area contributed by atoms with Gasteiger partial charge in [0.15, 0.2) is 0 Å². The summed E-state index contributed by atoms with van der Waals surface area (Å²) in [5, 5.41) is 0. The molecule has 0 fully saturated rings. The van der Waals surface area contributed by atoms with Gasteiger partial charge < -0.3 is 19.2 Å². The fourth-order valence-corrected chi connectivity index (χ4v) is 0. The van der Waals surface area contributed by atoms with Crippen LogP contribution in [0, 0.1) is 0 Å². The average molecular weight is 222 g/mol. The first-order valence-corrected chi connectivity index (χ1v) is 2.68. The van der Waals surface area contributed by atoms with Crippen molar-refractivity contribution < 1.29 is 19.2 Å². The topological polar surface area (TPSA) is 80.9 Å². The van der Waals surface area contributed by atoms with Gasteiger partial charge in [0.2, 0.25) is 0 Å². The first-order chi connectivity index (χ1) is 2.00. The molecule has 0 amide bonds. The van der Waals surface area contributed by atoms with Gasteiger partial charge in [0.05, 0.1) is 0 Å². The number of hydrogen-bond acceptors (Lipinski definition) is 4. The minimum atomic E-state index is -4.61. The van der Waals surface area contributed by atoms with Crippen LogP contribution < -0.4 is 0 Å². The van der Waals surface area contributed by atoms with Crippen molar-refractivity contribution in [3.8, 4) is 0 Å². The molecule has 0 aliphatic carbocycles. The van der Waals surface area contributed by atoms with Crippen LogP contribution in [0.2, 0.25) is 0 Å². The van der Waals surface area contributed by atoms with Gasteiger partial charge >= 0.3 is 122 Å². The Morgan fingerprint density at radius 1 is 0.625 bits per heavy atom. The van der Waals surface area contributed by atoms with Gasteiger partial charge in [0.1, 0.15) is 0 Å². The summed E-state index contributed by atoms with van der Waals surface area (Å²) in [4.78, 5) is 29.3. The van der Waals surface area contributed by atoms with Crippen molar-refractivity contribution in [3.63, 3.8) is 0 Å². The first-order valence-electron chi connectivity index (χ1n) is 0.894. The Hall–Kier alpha value is 3.84. The zero-order valence-electron chi connectivity index (χ0n) is 2.29. The van der Waals surface area contributed by atoms with Crippen LogP contribution in [-0.2, 0) is 0 Å². The van der Waals surface area contributed by atoms with Crippen LogP contribution in [0.25, 0.3) is 0 Å². The summed E-state index contributed by atoms with van der Waals surface area (Å²) in [7, 11) is -4.61. The second kappa shape index (κ2) is 10.8. The molecule has 0 aromatic rings. The Morgan fingerprint density at radius 3 is 0.625 bits per heavy atom. The van der Waals surface area contributed by atoms with Gasteiger partial charge in [-0.3, -0.25) is 0 Å². The number of rotatable bonds is 0. The third-order valence-corrected chi connectivity index (χ3v) is 0. The molecular formula is H10Ca3O4Si. The van der Waals surface area contributed by atoms with E-state index in [9.17, 15) is 0 Å². The molecule has 0 aliphatic rings. The van der Waals surface area contributed by atoms with E-state index >= 15 is 0 Å². The van der Waals surface area contributed by atoms with Crippen LogP contribution >= 0.6 is 0 Å². The molecule has 0 spiro atoms. The van der Waals surface area contributed by atoms with Crippen molar-refractivity contribution in [3.05, 3.63) is 0 Å². The van der Waals surface area contributed by atoms with Crippen LogP contribution in [0.4, 0.5) is 0 Å². The van der Waals surface area contributed by atoms with Crippen molar-refractivity contribution in [1.82, 2.24) is 0 Å².